The highest BCUT2D eigenvalue weighted by Gasteiger charge is 2.58. The zero-order valence-corrected chi connectivity index (χ0v) is 14.3. The fraction of sp³-hybridized carbons (Fsp3) is 0.474. The molecule has 5 nitrogen and oxygen atoms in total. The van der Waals surface area contributed by atoms with Crippen molar-refractivity contribution in [2.75, 3.05) is 18.9 Å². The number of likely N-dealkylation sites (N-methyl/N-ethyl adjacent to an activating group) is 1. The number of anilines is 1. The Balaban J connectivity index is 1.93. The Morgan fingerprint density at radius 2 is 2.25 bits per heavy atom. The van der Waals surface area contributed by atoms with Crippen LogP contribution < -0.4 is 5.32 Å². The third kappa shape index (κ3) is 1.97. The molecular weight excluding hydrogens is 304 g/mol. The molecule has 0 fully saturated rings. The van der Waals surface area contributed by atoms with E-state index in [0.29, 0.717) is 6.42 Å². The first-order valence-electron chi connectivity index (χ1n) is 8.50. The number of benzene rings is 1. The van der Waals surface area contributed by atoms with Gasteiger partial charge in [0.2, 0.25) is 5.60 Å². The molecule has 0 saturated heterocycles. The average molecular weight is 326 g/mol. The van der Waals surface area contributed by atoms with Gasteiger partial charge in [-0.25, -0.2) is 0 Å². The summed E-state index contributed by atoms with van der Waals surface area (Å²) in [4.78, 5) is 27.2. The van der Waals surface area contributed by atoms with Crippen molar-refractivity contribution in [3.63, 3.8) is 0 Å². The molecule has 3 atom stereocenters. The second-order valence-corrected chi connectivity index (χ2v) is 7.10. The molecule has 1 aliphatic carbocycles. The summed E-state index contributed by atoms with van der Waals surface area (Å²) < 4.78 is 5.79. The van der Waals surface area contributed by atoms with Crippen molar-refractivity contribution in [3.05, 3.63) is 41.0 Å². The first-order valence-corrected chi connectivity index (χ1v) is 8.50. The summed E-state index contributed by atoms with van der Waals surface area (Å²) in [7, 11) is 2.07. The Kier molecular flexibility index (Phi) is 3.32. The molecule has 0 radical (unpaired) electrons. The molecule has 1 amide bonds. The number of esters is 1. The summed E-state index contributed by atoms with van der Waals surface area (Å²) in [6.45, 7) is 4.76. The lowest BCUT2D eigenvalue weighted by Gasteiger charge is -2.46. The van der Waals surface area contributed by atoms with Crippen molar-refractivity contribution in [1.29, 1.82) is 0 Å². The van der Waals surface area contributed by atoms with Crippen molar-refractivity contribution >= 4 is 17.6 Å². The quantitative estimate of drug-likeness (QED) is 0.670. The third-order valence-corrected chi connectivity index (χ3v) is 5.49. The van der Waals surface area contributed by atoms with Crippen LogP contribution in [0.4, 0.5) is 5.69 Å². The van der Waals surface area contributed by atoms with E-state index in [9.17, 15) is 9.59 Å². The minimum absolute atomic E-state index is 0.143. The van der Waals surface area contributed by atoms with Gasteiger partial charge in [0.05, 0.1) is 0 Å². The molecule has 1 N–H and O–H groups in total. The van der Waals surface area contributed by atoms with Crippen LogP contribution in [0.3, 0.4) is 0 Å². The number of ether oxygens (including phenoxy) is 1. The smallest absolute Gasteiger partial charge is 0.306 e. The fourth-order valence-corrected chi connectivity index (χ4v) is 4.47. The average Bonchev–Trinajstić information content (AvgIpc) is 2.82. The van der Waals surface area contributed by atoms with E-state index in [0.717, 1.165) is 23.4 Å². The van der Waals surface area contributed by atoms with Crippen LogP contribution in [0.25, 0.3) is 0 Å². The summed E-state index contributed by atoms with van der Waals surface area (Å²) in [5, 5.41) is 2.93. The lowest BCUT2D eigenvalue weighted by molar-refractivity contribution is -0.170. The predicted octanol–water partition coefficient (Wildman–Crippen LogP) is 2.53. The van der Waals surface area contributed by atoms with Crippen LogP contribution in [-0.4, -0.2) is 36.4 Å². The fourth-order valence-electron chi connectivity index (χ4n) is 4.47. The van der Waals surface area contributed by atoms with Gasteiger partial charge in [0.15, 0.2) is 0 Å². The van der Waals surface area contributed by atoms with Crippen molar-refractivity contribution in [2.45, 2.75) is 44.2 Å². The van der Waals surface area contributed by atoms with Gasteiger partial charge in [0, 0.05) is 42.6 Å². The SMILES string of the molecule is CCC(=O)O[C@]12C[C@@H]3[C@H](C=C(C)CN3C)c3cccc(c31)NC2=O. The number of nitrogens with zero attached hydrogens (tertiary/aromatic N) is 1. The molecule has 2 aliphatic heterocycles. The van der Waals surface area contributed by atoms with E-state index in [1.54, 1.807) is 6.92 Å². The Morgan fingerprint density at radius 1 is 1.46 bits per heavy atom. The maximum Gasteiger partial charge on any atom is 0.306 e. The molecule has 0 saturated carbocycles. The molecule has 2 heterocycles. The largest absolute Gasteiger partial charge is 0.444 e. The first-order chi connectivity index (χ1) is 11.5. The topological polar surface area (TPSA) is 58.6 Å². The van der Waals surface area contributed by atoms with Crippen LogP contribution in [0.5, 0.6) is 0 Å². The van der Waals surface area contributed by atoms with E-state index in [1.807, 2.05) is 12.1 Å². The van der Waals surface area contributed by atoms with Gasteiger partial charge in [-0.3, -0.25) is 14.5 Å². The van der Waals surface area contributed by atoms with Gasteiger partial charge in [-0.1, -0.05) is 30.7 Å². The predicted molar refractivity (Wildman–Crippen MR) is 90.7 cm³/mol. The van der Waals surface area contributed by atoms with Crippen LogP contribution in [0, 0.1) is 0 Å². The molecule has 0 unspecified atom stereocenters. The minimum atomic E-state index is -1.19. The molecule has 3 aliphatic rings. The highest BCUT2D eigenvalue weighted by Crippen LogP contribution is 2.53. The van der Waals surface area contributed by atoms with E-state index >= 15 is 0 Å². The minimum Gasteiger partial charge on any atom is -0.444 e. The van der Waals surface area contributed by atoms with Gasteiger partial charge in [0.25, 0.3) is 5.91 Å². The van der Waals surface area contributed by atoms with Gasteiger partial charge in [-0.05, 0) is 25.6 Å². The number of amides is 1. The van der Waals surface area contributed by atoms with E-state index in [4.69, 9.17) is 4.74 Å². The summed E-state index contributed by atoms with van der Waals surface area (Å²) >= 11 is 0. The van der Waals surface area contributed by atoms with E-state index in [-0.39, 0.29) is 30.3 Å². The monoisotopic (exact) mass is 326 g/mol. The molecule has 126 valence electrons. The lowest BCUT2D eigenvalue weighted by Crippen LogP contribution is -2.52. The molecular formula is C19H22N2O3. The first kappa shape index (κ1) is 15.4. The van der Waals surface area contributed by atoms with Crippen LogP contribution in [0.15, 0.2) is 29.8 Å². The number of hydrogen-bond acceptors (Lipinski definition) is 4. The Bertz CT molecular complexity index is 770. The molecule has 24 heavy (non-hydrogen) atoms. The molecule has 1 aromatic rings. The van der Waals surface area contributed by atoms with E-state index < -0.39 is 5.60 Å². The molecule has 0 spiro atoms. The summed E-state index contributed by atoms with van der Waals surface area (Å²) in [6.07, 6.45) is 3.06. The van der Waals surface area contributed by atoms with Gasteiger partial charge < -0.3 is 10.1 Å². The van der Waals surface area contributed by atoms with Gasteiger partial charge in [-0.2, -0.15) is 0 Å². The molecule has 1 aromatic carbocycles. The highest BCUT2D eigenvalue weighted by atomic mass is 16.6. The van der Waals surface area contributed by atoms with Crippen LogP contribution >= 0.6 is 0 Å². The number of nitrogens with one attached hydrogen (secondary N) is 1. The lowest BCUT2D eigenvalue weighted by atomic mass is 9.69. The number of carbonyl (C=O) groups excluding carboxylic acids is 2. The molecule has 0 bridgehead atoms. The van der Waals surface area contributed by atoms with Gasteiger partial charge in [0.1, 0.15) is 0 Å². The second kappa shape index (κ2) is 5.18. The van der Waals surface area contributed by atoms with E-state index in [1.165, 1.54) is 5.57 Å². The maximum atomic E-state index is 12.8. The standard InChI is InChI=1S/C19H22N2O3/c1-4-16(22)24-19-9-15-13(8-11(2)10-21(15)3)12-6-5-7-14(17(12)19)20-18(19)23/h5-8,13,15H,4,9-10H2,1-3H3,(H,20,23)/t13-,15-,19-/m1/s1. The van der Waals surface area contributed by atoms with Crippen molar-refractivity contribution in [3.8, 4) is 0 Å². The third-order valence-electron chi connectivity index (χ3n) is 5.49. The summed E-state index contributed by atoms with van der Waals surface area (Å²) in [6, 6.07) is 6.06. The number of carbonyl (C=O) groups is 2. The maximum absolute atomic E-state index is 12.8. The van der Waals surface area contributed by atoms with Crippen LogP contribution in [-0.2, 0) is 19.9 Å². The van der Waals surface area contributed by atoms with Crippen LogP contribution in [0.2, 0.25) is 0 Å². The van der Waals surface area contributed by atoms with Crippen molar-refractivity contribution in [1.82, 2.24) is 4.90 Å². The van der Waals surface area contributed by atoms with Crippen LogP contribution in [0.1, 0.15) is 43.7 Å². The Morgan fingerprint density at radius 3 is 3.00 bits per heavy atom. The zero-order chi connectivity index (χ0) is 17.1. The van der Waals surface area contributed by atoms with Gasteiger partial charge >= 0.3 is 5.97 Å². The molecule has 0 aromatic heterocycles. The normalized spacial score (nSPS) is 31.0. The summed E-state index contributed by atoms with van der Waals surface area (Å²) in [5.41, 5.74) is 2.87. The van der Waals surface area contributed by atoms with Crippen molar-refractivity contribution in [2.24, 2.45) is 0 Å². The Hall–Kier alpha value is -2.14. The van der Waals surface area contributed by atoms with Gasteiger partial charge in [-0.15, -0.1) is 0 Å². The summed E-state index contributed by atoms with van der Waals surface area (Å²) in [5.74, 6) is -0.332. The van der Waals surface area contributed by atoms with E-state index in [2.05, 4.69) is 36.3 Å². The molecule has 5 heteroatoms. The highest BCUT2D eigenvalue weighted by molar-refractivity contribution is 6.07. The number of rotatable bonds is 2. The molecule has 4 rings (SSSR count). The second-order valence-electron chi connectivity index (χ2n) is 7.10. The zero-order valence-electron chi connectivity index (χ0n) is 14.3. The Labute approximate surface area is 141 Å². The van der Waals surface area contributed by atoms with Crippen molar-refractivity contribution < 1.29 is 14.3 Å². The number of fused-ring (bicyclic) bond motifs is 2. The number of hydrogen-bond donors (Lipinski definition) is 1.